The number of methoxy groups -OCH3 is 2. The number of amides is 1. The Morgan fingerprint density at radius 3 is 2.45 bits per heavy atom. The Morgan fingerprint density at radius 2 is 1.72 bits per heavy atom. The lowest BCUT2D eigenvalue weighted by Crippen LogP contribution is -2.39. The van der Waals surface area contributed by atoms with Crippen LogP contribution in [-0.2, 0) is 30.2 Å². The van der Waals surface area contributed by atoms with Crippen LogP contribution in [-0.4, -0.2) is 63.9 Å². The van der Waals surface area contributed by atoms with Gasteiger partial charge < -0.3 is 23.5 Å². The molecule has 0 saturated heterocycles. The van der Waals surface area contributed by atoms with Crippen LogP contribution in [0.3, 0.4) is 0 Å². The monoisotopic (exact) mass is 399 g/mol. The molecule has 7 nitrogen and oxygen atoms in total. The lowest BCUT2D eigenvalue weighted by molar-refractivity contribution is -0.152. The average molecular weight is 399 g/mol. The van der Waals surface area contributed by atoms with Gasteiger partial charge in [-0.25, -0.2) is 0 Å². The van der Waals surface area contributed by atoms with E-state index in [0.29, 0.717) is 31.9 Å². The fraction of sp³-hybridized carbons (Fsp3) is 0.364. The number of esters is 1. The molecule has 3 rings (SSSR count). The van der Waals surface area contributed by atoms with E-state index in [0.717, 1.165) is 21.7 Å². The van der Waals surface area contributed by atoms with E-state index in [-0.39, 0.29) is 18.9 Å². The molecule has 0 aliphatic rings. The first kappa shape index (κ1) is 20.8. The Hall–Kier alpha value is -2.90. The van der Waals surface area contributed by atoms with Crippen molar-refractivity contribution in [2.45, 2.75) is 6.42 Å². The van der Waals surface area contributed by atoms with Crippen LogP contribution in [0.15, 0.2) is 47.1 Å². The standard InChI is InChI=1S/C22H25NO6/c1-26-11-9-23(10-12-27-2)20(24)15-29-21(25)13-17-14-28-19-8-7-16-5-3-4-6-18(16)22(17)19/h3-8,14H,9-13,15H2,1-2H3. The number of carbonyl (C=O) groups excluding carboxylic acids is 2. The molecule has 0 unspecified atom stereocenters. The van der Waals surface area contributed by atoms with Crippen molar-refractivity contribution in [1.29, 1.82) is 0 Å². The maximum Gasteiger partial charge on any atom is 0.310 e. The summed E-state index contributed by atoms with van der Waals surface area (Å²) in [5, 5.41) is 2.98. The first-order valence-corrected chi connectivity index (χ1v) is 9.43. The molecule has 0 fully saturated rings. The molecular weight excluding hydrogens is 374 g/mol. The van der Waals surface area contributed by atoms with Gasteiger partial charge in [0.1, 0.15) is 5.58 Å². The molecule has 0 saturated carbocycles. The van der Waals surface area contributed by atoms with Crippen molar-refractivity contribution in [1.82, 2.24) is 4.90 Å². The second-order valence-corrected chi connectivity index (χ2v) is 6.62. The van der Waals surface area contributed by atoms with E-state index in [1.54, 1.807) is 25.4 Å². The van der Waals surface area contributed by atoms with Gasteiger partial charge in [0.25, 0.3) is 5.91 Å². The minimum absolute atomic E-state index is 0.0322. The predicted molar refractivity (Wildman–Crippen MR) is 109 cm³/mol. The third-order valence-electron chi connectivity index (χ3n) is 4.71. The third kappa shape index (κ3) is 5.13. The molecule has 0 radical (unpaired) electrons. The Kier molecular flexibility index (Phi) is 7.21. The summed E-state index contributed by atoms with van der Waals surface area (Å²) < 4.78 is 20.9. The molecular formula is C22H25NO6. The number of ether oxygens (including phenoxy) is 3. The first-order valence-electron chi connectivity index (χ1n) is 9.43. The van der Waals surface area contributed by atoms with Crippen LogP contribution in [0.1, 0.15) is 5.56 Å². The van der Waals surface area contributed by atoms with E-state index < -0.39 is 5.97 Å². The van der Waals surface area contributed by atoms with Crippen LogP contribution >= 0.6 is 0 Å². The minimum Gasteiger partial charge on any atom is -0.464 e. The molecule has 0 aliphatic carbocycles. The van der Waals surface area contributed by atoms with Crippen LogP contribution in [0.2, 0.25) is 0 Å². The topological polar surface area (TPSA) is 78.2 Å². The maximum absolute atomic E-state index is 12.4. The Labute approximate surface area is 169 Å². The van der Waals surface area contributed by atoms with Gasteiger partial charge >= 0.3 is 5.97 Å². The maximum atomic E-state index is 12.4. The van der Waals surface area contributed by atoms with Crippen LogP contribution in [0.25, 0.3) is 21.7 Å². The first-order chi connectivity index (χ1) is 14.1. The quantitative estimate of drug-likeness (QED) is 0.488. The second-order valence-electron chi connectivity index (χ2n) is 6.62. The highest BCUT2D eigenvalue weighted by Gasteiger charge is 2.18. The number of fused-ring (bicyclic) bond motifs is 3. The zero-order valence-electron chi connectivity index (χ0n) is 16.7. The number of furan rings is 1. The Bertz CT molecular complexity index is 972. The lowest BCUT2D eigenvalue weighted by Gasteiger charge is -2.21. The van der Waals surface area contributed by atoms with Crippen molar-refractivity contribution >= 4 is 33.6 Å². The summed E-state index contributed by atoms with van der Waals surface area (Å²) >= 11 is 0. The number of hydrogen-bond donors (Lipinski definition) is 0. The van der Waals surface area contributed by atoms with Crippen molar-refractivity contribution in [3.63, 3.8) is 0 Å². The summed E-state index contributed by atoms with van der Waals surface area (Å²) in [4.78, 5) is 26.3. The zero-order valence-corrected chi connectivity index (χ0v) is 16.7. The molecule has 1 aromatic heterocycles. The molecule has 1 heterocycles. The SMILES string of the molecule is COCCN(CCOC)C(=O)COC(=O)Cc1coc2ccc3ccccc3c12. The number of nitrogens with zero attached hydrogens (tertiary/aromatic N) is 1. The molecule has 0 aliphatic heterocycles. The summed E-state index contributed by atoms with van der Waals surface area (Å²) in [6, 6.07) is 11.8. The second kappa shape index (κ2) is 10.0. The number of benzene rings is 2. The Morgan fingerprint density at radius 1 is 1.00 bits per heavy atom. The smallest absolute Gasteiger partial charge is 0.310 e. The van der Waals surface area contributed by atoms with E-state index in [1.807, 2.05) is 36.4 Å². The van der Waals surface area contributed by atoms with Gasteiger partial charge in [-0.15, -0.1) is 0 Å². The number of rotatable bonds is 10. The zero-order chi connectivity index (χ0) is 20.6. The van der Waals surface area contributed by atoms with Gasteiger partial charge in [-0.05, 0) is 16.8 Å². The Balaban J connectivity index is 1.65. The minimum atomic E-state index is -0.479. The van der Waals surface area contributed by atoms with Crippen molar-refractivity contribution in [3.05, 3.63) is 48.2 Å². The van der Waals surface area contributed by atoms with Crippen LogP contribution in [0.4, 0.5) is 0 Å². The molecule has 29 heavy (non-hydrogen) atoms. The molecule has 0 spiro atoms. The van der Waals surface area contributed by atoms with Gasteiger partial charge in [0.15, 0.2) is 6.61 Å². The van der Waals surface area contributed by atoms with E-state index in [1.165, 1.54) is 0 Å². The summed E-state index contributed by atoms with van der Waals surface area (Å²) in [5.74, 6) is -0.762. The van der Waals surface area contributed by atoms with Gasteiger partial charge in [0, 0.05) is 38.3 Å². The van der Waals surface area contributed by atoms with Gasteiger partial charge in [0.2, 0.25) is 0 Å². The van der Waals surface area contributed by atoms with Gasteiger partial charge in [-0.2, -0.15) is 0 Å². The third-order valence-corrected chi connectivity index (χ3v) is 4.71. The van der Waals surface area contributed by atoms with Crippen molar-refractivity contribution < 1.29 is 28.2 Å². The molecule has 0 bridgehead atoms. The normalized spacial score (nSPS) is 11.1. The molecule has 154 valence electrons. The largest absolute Gasteiger partial charge is 0.464 e. The fourth-order valence-electron chi connectivity index (χ4n) is 3.21. The summed E-state index contributed by atoms with van der Waals surface area (Å²) in [7, 11) is 3.13. The lowest BCUT2D eigenvalue weighted by atomic mass is 10.0. The van der Waals surface area contributed by atoms with Crippen molar-refractivity contribution in [3.8, 4) is 0 Å². The highest BCUT2D eigenvalue weighted by atomic mass is 16.5. The average Bonchev–Trinajstić information content (AvgIpc) is 3.15. The molecule has 7 heteroatoms. The van der Waals surface area contributed by atoms with Gasteiger partial charge in [-0.1, -0.05) is 30.3 Å². The highest BCUT2D eigenvalue weighted by Crippen LogP contribution is 2.30. The van der Waals surface area contributed by atoms with E-state index in [4.69, 9.17) is 18.6 Å². The highest BCUT2D eigenvalue weighted by molar-refractivity contribution is 6.08. The molecule has 0 N–H and O–H groups in total. The fourth-order valence-corrected chi connectivity index (χ4v) is 3.21. The van der Waals surface area contributed by atoms with E-state index in [9.17, 15) is 9.59 Å². The van der Waals surface area contributed by atoms with Crippen LogP contribution < -0.4 is 0 Å². The summed E-state index contributed by atoms with van der Waals surface area (Å²) in [5.41, 5.74) is 1.46. The molecule has 0 atom stereocenters. The van der Waals surface area contributed by atoms with Gasteiger partial charge in [-0.3, -0.25) is 9.59 Å². The van der Waals surface area contributed by atoms with E-state index >= 15 is 0 Å². The van der Waals surface area contributed by atoms with Crippen LogP contribution in [0.5, 0.6) is 0 Å². The van der Waals surface area contributed by atoms with Crippen LogP contribution in [0, 0.1) is 0 Å². The molecule has 1 amide bonds. The van der Waals surface area contributed by atoms with E-state index in [2.05, 4.69) is 0 Å². The predicted octanol–water partition coefficient (Wildman–Crippen LogP) is 2.79. The summed E-state index contributed by atoms with van der Waals surface area (Å²) in [6.45, 7) is 1.31. The molecule has 3 aromatic rings. The van der Waals surface area contributed by atoms with Crippen molar-refractivity contribution in [2.24, 2.45) is 0 Å². The van der Waals surface area contributed by atoms with Gasteiger partial charge in [0.05, 0.1) is 25.9 Å². The summed E-state index contributed by atoms with van der Waals surface area (Å²) in [6.07, 6.45) is 1.61. The number of hydrogen-bond acceptors (Lipinski definition) is 6. The number of carbonyl (C=O) groups is 2. The molecule has 2 aromatic carbocycles. The van der Waals surface area contributed by atoms with Crippen molar-refractivity contribution in [2.75, 3.05) is 47.1 Å².